The Morgan fingerprint density at radius 1 is 1.13 bits per heavy atom. The van der Waals surface area contributed by atoms with Crippen LogP contribution in [0.5, 0.6) is 0 Å². The zero-order chi connectivity index (χ0) is 11.3. The molecule has 0 radical (unpaired) electrons. The number of hydrogen-bond acceptors (Lipinski definition) is 3. The van der Waals surface area contributed by atoms with Crippen molar-refractivity contribution in [1.82, 2.24) is 0 Å². The van der Waals surface area contributed by atoms with Crippen LogP contribution in [-0.2, 0) is 14.3 Å². The second-order valence-electron chi connectivity index (χ2n) is 2.76. The Labute approximate surface area is 86.9 Å². The van der Waals surface area contributed by atoms with E-state index in [0.717, 1.165) is 0 Å². The molecule has 0 aromatic heterocycles. The lowest BCUT2D eigenvalue weighted by molar-refractivity contribution is -0.136. The fourth-order valence-corrected chi connectivity index (χ4v) is 1.01. The van der Waals surface area contributed by atoms with Gasteiger partial charge < -0.3 is 9.84 Å². The maximum absolute atomic E-state index is 11.2. The van der Waals surface area contributed by atoms with Crippen molar-refractivity contribution in [2.75, 3.05) is 7.11 Å². The normalized spacial score (nSPS) is 25.9. The van der Waals surface area contributed by atoms with Crippen LogP contribution in [0.25, 0.3) is 0 Å². The summed E-state index contributed by atoms with van der Waals surface area (Å²) in [4.78, 5) is 21.8. The Morgan fingerprint density at radius 3 is 2.20 bits per heavy atom. The number of allylic oxidation sites excluding steroid dienone is 4. The highest BCUT2D eigenvalue weighted by atomic mass is 16.5. The number of rotatable bonds is 2. The van der Waals surface area contributed by atoms with Gasteiger partial charge in [-0.05, 0) is 24.3 Å². The van der Waals surface area contributed by atoms with Crippen LogP contribution in [0, 0.1) is 0 Å². The monoisotopic (exact) mass is 206 g/mol. The minimum Gasteiger partial charge on any atom is -0.478 e. The van der Waals surface area contributed by atoms with Gasteiger partial charge in [-0.1, -0.05) is 12.2 Å². The van der Waals surface area contributed by atoms with E-state index in [4.69, 9.17) is 5.11 Å². The van der Waals surface area contributed by atoms with Crippen molar-refractivity contribution in [3.05, 3.63) is 47.6 Å². The summed E-state index contributed by atoms with van der Waals surface area (Å²) in [6.45, 7) is 0. The van der Waals surface area contributed by atoms with E-state index in [-0.39, 0.29) is 5.57 Å². The standard InChI is InChI=1S/C11H10O4/c1-15-11(14)9-5-3-2-4-8(6-7-9)10(12)13/h2-7H,1H3,(H,12,13)/b3-2?,4-2-,5-3-,7-6?,8-4?,8-6+,9-5?,9-7+. The number of carbonyl (C=O) groups excluding carboxylic acids is 1. The summed E-state index contributed by atoms with van der Waals surface area (Å²) in [6, 6.07) is 0. The minimum absolute atomic E-state index is 0.112. The molecule has 1 aliphatic carbocycles. The van der Waals surface area contributed by atoms with E-state index in [1.165, 1.54) is 25.3 Å². The average Bonchev–Trinajstić information content (AvgIpc) is 2.16. The van der Waals surface area contributed by atoms with Crippen molar-refractivity contribution in [2.24, 2.45) is 0 Å². The van der Waals surface area contributed by atoms with Gasteiger partial charge in [-0.25, -0.2) is 9.59 Å². The predicted octanol–water partition coefficient (Wildman–Crippen LogP) is 1.22. The Morgan fingerprint density at radius 2 is 1.67 bits per heavy atom. The summed E-state index contributed by atoms with van der Waals surface area (Å²) >= 11 is 0. The third kappa shape index (κ3) is 2.95. The number of hydrogen-bond donors (Lipinski definition) is 1. The van der Waals surface area contributed by atoms with E-state index in [1.807, 2.05) is 0 Å². The van der Waals surface area contributed by atoms with Gasteiger partial charge in [-0.15, -0.1) is 0 Å². The maximum Gasteiger partial charge on any atom is 0.337 e. The third-order valence-corrected chi connectivity index (χ3v) is 1.77. The van der Waals surface area contributed by atoms with Gasteiger partial charge in [0.1, 0.15) is 0 Å². The molecule has 78 valence electrons. The molecule has 0 bridgehead atoms. The van der Waals surface area contributed by atoms with Gasteiger partial charge in [0, 0.05) is 0 Å². The SMILES string of the molecule is COC(=O)C1=C/C=C(C(=O)O)\C=C/C=C\1. The molecular weight excluding hydrogens is 196 g/mol. The van der Waals surface area contributed by atoms with E-state index in [0.29, 0.717) is 5.57 Å². The van der Waals surface area contributed by atoms with E-state index in [9.17, 15) is 9.59 Å². The first kappa shape index (κ1) is 11.0. The molecule has 0 amide bonds. The summed E-state index contributed by atoms with van der Waals surface area (Å²) < 4.78 is 4.52. The number of esters is 1. The van der Waals surface area contributed by atoms with Crippen LogP contribution >= 0.6 is 0 Å². The van der Waals surface area contributed by atoms with Gasteiger partial charge in [0.25, 0.3) is 0 Å². The molecule has 1 aliphatic rings. The molecule has 0 saturated heterocycles. The summed E-state index contributed by atoms with van der Waals surface area (Å²) in [5.74, 6) is -1.54. The molecule has 4 heteroatoms. The van der Waals surface area contributed by atoms with Gasteiger partial charge in [0.05, 0.1) is 18.3 Å². The molecule has 0 aliphatic heterocycles. The van der Waals surface area contributed by atoms with Crippen molar-refractivity contribution in [3.63, 3.8) is 0 Å². The van der Waals surface area contributed by atoms with Gasteiger partial charge in [-0.2, -0.15) is 0 Å². The van der Waals surface area contributed by atoms with Gasteiger partial charge >= 0.3 is 11.9 Å². The number of carboxylic acid groups (broad SMARTS) is 1. The Bertz CT molecular complexity index is 397. The number of methoxy groups -OCH3 is 1. The number of carbonyl (C=O) groups is 2. The van der Waals surface area contributed by atoms with Crippen molar-refractivity contribution in [1.29, 1.82) is 0 Å². The zero-order valence-corrected chi connectivity index (χ0v) is 8.14. The molecule has 1 N–H and O–H groups in total. The van der Waals surface area contributed by atoms with Crippen molar-refractivity contribution in [2.45, 2.75) is 0 Å². The van der Waals surface area contributed by atoms with Gasteiger partial charge in [-0.3, -0.25) is 0 Å². The first-order chi connectivity index (χ1) is 7.15. The maximum atomic E-state index is 11.2. The highest BCUT2D eigenvalue weighted by Crippen LogP contribution is 2.07. The number of carboxylic acids is 1. The molecule has 0 aromatic rings. The van der Waals surface area contributed by atoms with Crippen LogP contribution in [0.3, 0.4) is 0 Å². The van der Waals surface area contributed by atoms with Crippen molar-refractivity contribution in [3.8, 4) is 0 Å². The second-order valence-corrected chi connectivity index (χ2v) is 2.76. The molecule has 0 heterocycles. The largest absolute Gasteiger partial charge is 0.478 e. The lowest BCUT2D eigenvalue weighted by Crippen LogP contribution is -2.03. The highest BCUT2D eigenvalue weighted by molar-refractivity contribution is 5.94. The molecular formula is C11H10O4. The topological polar surface area (TPSA) is 63.6 Å². The highest BCUT2D eigenvalue weighted by Gasteiger charge is 2.07. The first-order valence-electron chi connectivity index (χ1n) is 4.23. The van der Waals surface area contributed by atoms with E-state index in [1.54, 1.807) is 18.2 Å². The fourth-order valence-electron chi connectivity index (χ4n) is 1.01. The first-order valence-corrected chi connectivity index (χ1v) is 4.23. The summed E-state index contributed by atoms with van der Waals surface area (Å²) in [5.41, 5.74) is 0.418. The molecule has 15 heavy (non-hydrogen) atoms. The molecule has 4 nitrogen and oxygen atoms in total. The number of ether oxygens (including phenoxy) is 1. The van der Waals surface area contributed by atoms with Crippen molar-refractivity contribution >= 4 is 11.9 Å². The van der Waals surface area contributed by atoms with Crippen molar-refractivity contribution < 1.29 is 19.4 Å². The molecule has 0 fully saturated rings. The van der Waals surface area contributed by atoms with Crippen LogP contribution in [0.1, 0.15) is 0 Å². The van der Waals surface area contributed by atoms with E-state index >= 15 is 0 Å². The molecule has 0 saturated carbocycles. The summed E-state index contributed by atoms with van der Waals surface area (Å²) in [6.07, 6.45) is 8.90. The lowest BCUT2D eigenvalue weighted by atomic mass is 10.1. The average molecular weight is 206 g/mol. The van der Waals surface area contributed by atoms with Crippen LogP contribution in [-0.4, -0.2) is 24.2 Å². The Kier molecular flexibility index (Phi) is 3.62. The van der Waals surface area contributed by atoms with Crippen LogP contribution in [0.2, 0.25) is 0 Å². The minimum atomic E-state index is -1.04. The quantitative estimate of drug-likeness (QED) is 0.690. The van der Waals surface area contributed by atoms with E-state index in [2.05, 4.69) is 4.74 Å². The molecule has 0 atom stereocenters. The summed E-state index contributed by atoms with van der Waals surface area (Å²) in [5, 5.41) is 8.75. The predicted molar refractivity (Wildman–Crippen MR) is 54.1 cm³/mol. The Balaban J connectivity index is 3.02. The number of aliphatic carboxylic acids is 1. The molecule has 0 spiro atoms. The van der Waals surface area contributed by atoms with E-state index < -0.39 is 11.9 Å². The fraction of sp³-hybridized carbons (Fsp3) is 0.0909. The summed E-state index contributed by atoms with van der Waals surface area (Å²) in [7, 11) is 1.27. The Hall–Kier alpha value is -2.10. The van der Waals surface area contributed by atoms with Gasteiger partial charge in [0.2, 0.25) is 0 Å². The lowest BCUT2D eigenvalue weighted by Gasteiger charge is -2.00. The molecule has 0 unspecified atom stereocenters. The zero-order valence-electron chi connectivity index (χ0n) is 8.14. The third-order valence-electron chi connectivity index (χ3n) is 1.77. The molecule has 0 aromatic carbocycles. The van der Waals surface area contributed by atoms with Crippen LogP contribution in [0.15, 0.2) is 47.6 Å². The smallest absolute Gasteiger partial charge is 0.337 e. The molecule has 1 rings (SSSR count). The van der Waals surface area contributed by atoms with Gasteiger partial charge in [0.15, 0.2) is 0 Å². The van der Waals surface area contributed by atoms with Crippen LogP contribution < -0.4 is 0 Å². The second kappa shape index (κ2) is 4.95. The van der Waals surface area contributed by atoms with Crippen LogP contribution in [0.4, 0.5) is 0 Å².